The van der Waals surface area contributed by atoms with Gasteiger partial charge in [-0.05, 0) is 61.6 Å². The molecule has 0 saturated carbocycles. The van der Waals surface area contributed by atoms with E-state index in [0.29, 0.717) is 13.7 Å². The SMILES string of the molecule is CC(C)(O)C(C)(C)OBCB1OC(C)(C)C(C)(C)O1. The molecule has 1 saturated heterocycles. The van der Waals surface area contributed by atoms with E-state index < -0.39 is 11.2 Å². The molecule has 0 bridgehead atoms. The van der Waals surface area contributed by atoms with Crippen LogP contribution in [0.1, 0.15) is 55.4 Å². The second kappa shape index (κ2) is 5.06. The minimum Gasteiger partial charge on any atom is -0.432 e. The van der Waals surface area contributed by atoms with Gasteiger partial charge in [0, 0.05) is 0 Å². The van der Waals surface area contributed by atoms with Crippen molar-refractivity contribution in [2.24, 2.45) is 0 Å². The van der Waals surface area contributed by atoms with Crippen LogP contribution < -0.4 is 0 Å². The van der Waals surface area contributed by atoms with Gasteiger partial charge in [-0.3, -0.25) is 0 Å². The highest BCUT2D eigenvalue weighted by Crippen LogP contribution is 2.37. The molecule has 1 N–H and O–H groups in total. The summed E-state index contributed by atoms with van der Waals surface area (Å²) in [5.74, 6) is 0. The van der Waals surface area contributed by atoms with Gasteiger partial charge in [-0.25, -0.2) is 0 Å². The van der Waals surface area contributed by atoms with Gasteiger partial charge in [0.05, 0.1) is 22.4 Å². The Morgan fingerprint density at radius 2 is 1.47 bits per heavy atom. The van der Waals surface area contributed by atoms with Crippen molar-refractivity contribution in [2.45, 2.75) is 84.0 Å². The zero-order chi connectivity index (χ0) is 15.1. The molecule has 19 heavy (non-hydrogen) atoms. The van der Waals surface area contributed by atoms with Crippen LogP contribution in [0.3, 0.4) is 0 Å². The third-order valence-electron chi connectivity index (χ3n) is 4.59. The first kappa shape index (κ1) is 17.0. The Morgan fingerprint density at radius 1 is 1.05 bits per heavy atom. The molecule has 4 nitrogen and oxygen atoms in total. The van der Waals surface area contributed by atoms with Gasteiger partial charge in [0.1, 0.15) is 0 Å². The Labute approximate surface area is 118 Å². The lowest BCUT2D eigenvalue weighted by Gasteiger charge is -2.37. The standard InChI is InChI=1S/C13H28B2O4/c1-10(2,16)11(3,4)17-14-9-15-18-12(5,6)13(7,8)19-15/h14,16H,9H2,1-8H3. The summed E-state index contributed by atoms with van der Waals surface area (Å²) in [6.07, 6.45) is 0.659. The van der Waals surface area contributed by atoms with Gasteiger partial charge in [0.25, 0.3) is 7.48 Å². The Bertz CT molecular complexity index is 305. The van der Waals surface area contributed by atoms with Crippen LogP contribution in [0.4, 0.5) is 0 Å². The Kier molecular flexibility index (Phi) is 4.54. The molecule has 0 amide bonds. The third kappa shape index (κ3) is 3.75. The van der Waals surface area contributed by atoms with Crippen molar-refractivity contribution in [1.82, 2.24) is 0 Å². The van der Waals surface area contributed by atoms with Crippen LogP contribution in [0.15, 0.2) is 0 Å². The topological polar surface area (TPSA) is 47.9 Å². The molecule has 0 atom stereocenters. The van der Waals surface area contributed by atoms with Crippen LogP contribution in [-0.2, 0) is 14.0 Å². The van der Waals surface area contributed by atoms with E-state index in [4.69, 9.17) is 14.0 Å². The summed E-state index contributed by atoms with van der Waals surface area (Å²) in [6, 6.07) is 0. The molecule has 0 aliphatic carbocycles. The summed E-state index contributed by atoms with van der Waals surface area (Å²) >= 11 is 0. The van der Waals surface area contributed by atoms with Crippen molar-refractivity contribution in [3.05, 3.63) is 0 Å². The molecule has 110 valence electrons. The van der Waals surface area contributed by atoms with Crippen molar-refractivity contribution in [1.29, 1.82) is 0 Å². The first-order valence-corrected chi connectivity index (χ1v) is 7.00. The lowest BCUT2D eigenvalue weighted by Crippen LogP contribution is -2.48. The van der Waals surface area contributed by atoms with E-state index in [2.05, 4.69) is 0 Å². The molecular formula is C13H28B2O4. The second-order valence-corrected chi connectivity index (χ2v) is 7.39. The fourth-order valence-corrected chi connectivity index (χ4v) is 1.67. The van der Waals surface area contributed by atoms with Crippen molar-refractivity contribution >= 4 is 14.6 Å². The maximum absolute atomic E-state index is 10.0. The Hall–Kier alpha value is -0.0301. The van der Waals surface area contributed by atoms with E-state index >= 15 is 0 Å². The first-order chi connectivity index (χ1) is 8.29. The van der Waals surface area contributed by atoms with E-state index in [1.165, 1.54) is 0 Å². The molecular weight excluding hydrogens is 242 g/mol. The minimum atomic E-state index is -0.886. The van der Waals surface area contributed by atoms with E-state index in [9.17, 15) is 5.11 Å². The Balaban J connectivity index is 2.45. The summed E-state index contributed by atoms with van der Waals surface area (Å²) in [7, 11) is 0.246. The van der Waals surface area contributed by atoms with Gasteiger partial charge < -0.3 is 19.1 Å². The minimum absolute atomic E-state index is 0.248. The zero-order valence-electron chi connectivity index (χ0n) is 13.7. The van der Waals surface area contributed by atoms with Gasteiger partial charge in [-0.15, -0.1) is 0 Å². The normalized spacial score (nSPS) is 22.7. The molecule has 0 radical (unpaired) electrons. The van der Waals surface area contributed by atoms with Gasteiger partial charge >= 0.3 is 7.12 Å². The monoisotopic (exact) mass is 270 g/mol. The molecule has 1 heterocycles. The van der Waals surface area contributed by atoms with Crippen molar-refractivity contribution in [3.63, 3.8) is 0 Å². The maximum Gasteiger partial charge on any atom is 0.452 e. The van der Waals surface area contributed by atoms with Gasteiger partial charge in [0.15, 0.2) is 0 Å². The third-order valence-corrected chi connectivity index (χ3v) is 4.59. The molecule has 1 aliphatic rings. The molecule has 0 unspecified atom stereocenters. The van der Waals surface area contributed by atoms with Crippen LogP contribution in [0.2, 0.25) is 6.22 Å². The van der Waals surface area contributed by atoms with Crippen molar-refractivity contribution in [3.8, 4) is 0 Å². The van der Waals surface area contributed by atoms with E-state index in [1.54, 1.807) is 13.8 Å². The van der Waals surface area contributed by atoms with Crippen LogP contribution in [0, 0.1) is 0 Å². The summed E-state index contributed by atoms with van der Waals surface area (Å²) in [6.45, 7) is 15.4. The summed E-state index contributed by atoms with van der Waals surface area (Å²) in [4.78, 5) is 0. The zero-order valence-corrected chi connectivity index (χ0v) is 13.7. The molecule has 6 heteroatoms. The van der Waals surface area contributed by atoms with Crippen molar-refractivity contribution < 1.29 is 19.1 Å². The van der Waals surface area contributed by atoms with Crippen LogP contribution >= 0.6 is 0 Å². The van der Waals surface area contributed by atoms with E-state index in [1.807, 2.05) is 41.5 Å². The summed E-state index contributed by atoms with van der Waals surface area (Å²) < 4.78 is 17.6. The van der Waals surface area contributed by atoms with Crippen LogP contribution in [0.25, 0.3) is 0 Å². The summed E-state index contributed by atoms with van der Waals surface area (Å²) in [5.41, 5.74) is -2.09. The number of hydrogen-bond acceptors (Lipinski definition) is 4. The highest BCUT2D eigenvalue weighted by Gasteiger charge is 2.50. The molecule has 0 spiro atoms. The number of rotatable bonds is 5. The predicted octanol–water partition coefficient (Wildman–Crippen LogP) is 1.95. The molecule has 1 aliphatic heterocycles. The Morgan fingerprint density at radius 3 is 1.84 bits per heavy atom. The van der Waals surface area contributed by atoms with E-state index in [-0.39, 0.29) is 18.3 Å². The van der Waals surface area contributed by atoms with Gasteiger partial charge in [-0.2, -0.15) is 0 Å². The molecule has 0 aromatic carbocycles. The molecule has 1 rings (SSSR count). The fourth-order valence-electron chi connectivity index (χ4n) is 1.67. The maximum atomic E-state index is 10.0. The van der Waals surface area contributed by atoms with E-state index in [0.717, 1.165) is 0 Å². The average Bonchev–Trinajstić information content (AvgIpc) is 2.32. The highest BCUT2D eigenvalue weighted by atomic mass is 16.7. The highest BCUT2D eigenvalue weighted by molar-refractivity contribution is 6.58. The average molecular weight is 270 g/mol. The van der Waals surface area contributed by atoms with Gasteiger partial charge in [0.2, 0.25) is 0 Å². The number of hydrogen-bond donors (Lipinski definition) is 1. The summed E-state index contributed by atoms with van der Waals surface area (Å²) in [5, 5.41) is 10.0. The second-order valence-electron chi connectivity index (χ2n) is 7.39. The first-order valence-electron chi connectivity index (χ1n) is 7.00. The molecule has 0 aromatic rings. The fraction of sp³-hybridized carbons (Fsp3) is 1.00. The predicted molar refractivity (Wildman–Crippen MR) is 79.5 cm³/mol. The van der Waals surface area contributed by atoms with Crippen LogP contribution in [0.5, 0.6) is 0 Å². The quantitative estimate of drug-likeness (QED) is 0.776. The smallest absolute Gasteiger partial charge is 0.432 e. The molecule has 0 aromatic heterocycles. The van der Waals surface area contributed by atoms with Gasteiger partial charge in [-0.1, -0.05) is 0 Å². The lowest BCUT2D eigenvalue weighted by molar-refractivity contribution is -0.0901. The lowest BCUT2D eigenvalue weighted by atomic mass is 9.68. The van der Waals surface area contributed by atoms with Crippen LogP contribution in [-0.4, -0.2) is 42.1 Å². The molecule has 1 fully saturated rings. The largest absolute Gasteiger partial charge is 0.452 e. The number of aliphatic hydroxyl groups is 1. The van der Waals surface area contributed by atoms with Crippen molar-refractivity contribution in [2.75, 3.05) is 0 Å².